The van der Waals surface area contributed by atoms with Gasteiger partial charge in [-0.3, -0.25) is 14.4 Å². The molecular weight excluding hydrogens is 668 g/mol. The lowest BCUT2D eigenvalue weighted by Crippen LogP contribution is -2.51. The molecule has 2 amide bonds. The second-order valence-corrected chi connectivity index (χ2v) is 14.7. The van der Waals surface area contributed by atoms with E-state index in [0.717, 1.165) is 49.4 Å². The third kappa shape index (κ3) is 9.35. The molecule has 7 N–H and O–H groups in total. The van der Waals surface area contributed by atoms with E-state index in [2.05, 4.69) is 27.8 Å². The molecule has 9 nitrogen and oxygen atoms in total. The molecule has 1 aromatic heterocycles. The summed E-state index contributed by atoms with van der Waals surface area (Å²) < 4.78 is 0. The number of halogens is 1. The highest BCUT2D eigenvalue weighted by molar-refractivity contribution is 7.99. The van der Waals surface area contributed by atoms with Crippen LogP contribution in [0, 0.1) is 12.8 Å². The predicted molar refractivity (Wildman–Crippen MR) is 202 cm³/mol. The van der Waals surface area contributed by atoms with E-state index < -0.39 is 18.0 Å². The largest absolute Gasteiger partial charge is 0.361 e. The Hall–Kier alpha value is -3.67. The molecule has 0 unspecified atom stereocenters. The number of rotatable bonds is 9. The summed E-state index contributed by atoms with van der Waals surface area (Å²) in [6, 6.07) is 18.6. The molecule has 4 aromatic rings. The lowest BCUT2D eigenvalue weighted by molar-refractivity contribution is -0.143. The Kier molecular flexibility index (Phi) is 13.5. The average molecular weight is 717 g/mol. The van der Waals surface area contributed by atoms with Gasteiger partial charge in [-0.15, -0.1) is 0 Å². The fourth-order valence-corrected chi connectivity index (χ4v) is 8.17. The molecular formula is C39H49ClN6O3S. The lowest BCUT2D eigenvalue weighted by atomic mass is 9.90. The van der Waals surface area contributed by atoms with Crippen LogP contribution in [-0.4, -0.2) is 59.7 Å². The Bertz CT molecular complexity index is 1790. The number of H-pyrrole nitrogens is 1. The van der Waals surface area contributed by atoms with Gasteiger partial charge in [0.05, 0.1) is 6.04 Å². The maximum Gasteiger partial charge on any atom is 0.243 e. The zero-order chi connectivity index (χ0) is 35.6. The average Bonchev–Trinajstić information content (AvgIpc) is 3.52. The van der Waals surface area contributed by atoms with E-state index in [1.54, 1.807) is 23.7 Å². The van der Waals surface area contributed by atoms with Crippen molar-refractivity contribution >= 4 is 51.9 Å². The number of benzene rings is 3. The number of nitrogens with one attached hydrogen (secondary N) is 3. The number of aromatic amines is 1. The Morgan fingerprint density at radius 1 is 0.920 bits per heavy atom. The van der Waals surface area contributed by atoms with Crippen LogP contribution < -0.4 is 22.1 Å². The van der Waals surface area contributed by atoms with Gasteiger partial charge in [0.2, 0.25) is 11.8 Å². The molecule has 11 heteroatoms. The second kappa shape index (κ2) is 18.0. The van der Waals surface area contributed by atoms with Crippen LogP contribution in [0.25, 0.3) is 10.9 Å². The van der Waals surface area contributed by atoms with E-state index in [-0.39, 0.29) is 30.6 Å². The molecule has 0 radical (unpaired) electrons. The van der Waals surface area contributed by atoms with Crippen molar-refractivity contribution in [2.24, 2.45) is 17.4 Å². The highest BCUT2D eigenvalue weighted by Gasteiger charge is 2.34. The molecule has 0 fully saturated rings. The number of nitrogens with zero attached hydrogens (tertiary/aromatic N) is 1. The van der Waals surface area contributed by atoms with Gasteiger partial charge < -0.3 is 32.0 Å². The number of nitrogens with two attached hydrogens (primary N) is 2. The van der Waals surface area contributed by atoms with E-state index in [0.29, 0.717) is 56.8 Å². The number of fused-ring (bicyclic) bond motifs is 3. The van der Waals surface area contributed by atoms with Crippen LogP contribution in [-0.2, 0) is 33.9 Å². The van der Waals surface area contributed by atoms with Gasteiger partial charge in [0.1, 0.15) is 6.04 Å². The SMILES string of the molecule is Cc1cc(Cl)cc2c1Sc1ccccc1CN[C@@H](CCCN)C(=O)C[C@@H](CCCCN)C(=O)N(C)[C@@H](Cc1c[nH]c3ccccc13)C(=O)NC2. The highest BCUT2D eigenvalue weighted by atomic mass is 35.5. The fraction of sp³-hybridized carbons (Fsp3) is 0.410. The summed E-state index contributed by atoms with van der Waals surface area (Å²) in [6.45, 7) is 3.68. The molecule has 0 saturated carbocycles. The monoisotopic (exact) mass is 716 g/mol. The number of hydrogen-bond donors (Lipinski definition) is 5. The van der Waals surface area contributed by atoms with Crippen molar-refractivity contribution in [2.45, 2.75) is 86.8 Å². The van der Waals surface area contributed by atoms with Gasteiger partial charge >= 0.3 is 0 Å². The molecule has 50 heavy (non-hydrogen) atoms. The maximum absolute atomic E-state index is 14.4. The van der Waals surface area contributed by atoms with Crippen LogP contribution in [0.4, 0.5) is 0 Å². The van der Waals surface area contributed by atoms with E-state index >= 15 is 0 Å². The third-order valence-corrected chi connectivity index (χ3v) is 11.2. The first-order chi connectivity index (χ1) is 24.2. The first kappa shape index (κ1) is 37.6. The minimum Gasteiger partial charge on any atom is -0.361 e. The maximum atomic E-state index is 14.4. The number of Topliss-reactive ketones (excluding diaryl/α,β-unsaturated/α-hetero) is 1. The first-order valence-electron chi connectivity index (χ1n) is 17.5. The van der Waals surface area contributed by atoms with Crippen LogP contribution in [0.5, 0.6) is 0 Å². The molecule has 0 aliphatic carbocycles. The van der Waals surface area contributed by atoms with Crippen molar-refractivity contribution in [3.63, 3.8) is 0 Å². The smallest absolute Gasteiger partial charge is 0.243 e. The minimum atomic E-state index is -0.826. The Labute approximate surface area is 304 Å². The van der Waals surface area contributed by atoms with Gasteiger partial charge in [-0.05, 0) is 92.2 Å². The number of hydrogen-bond acceptors (Lipinski definition) is 7. The summed E-state index contributed by atoms with van der Waals surface area (Å²) >= 11 is 8.20. The van der Waals surface area contributed by atoms with Gasteiger partial charge in [-0.1, -0.05) is 66.2 Å². The minimum absolute atomic E-state index is 0.0270. The Morgan fingerprint density at radius 3 is 2.48 bits per heavy atom. The van der Waals surface area contributed by atoms with E-state index in [1.807, 2.05) is 61.7 Å². The lowest BCUT2D eigenvalue weighted by Gasteiger charge is -2.31. The fourth-order valence-electron chi connectivity index (χ4n) is 6.76. The van der Waals surface area contributed by atoms with Gasteiger partial charge in [-0.2, -0.15) is 0 Å². The summed E-state index contributed by atoms with van der Waals surface area (Å²) in [5, 5.41) is 8.26. The third-order valence-electron chi connectivity index (χ3n) is 9.59. The molecule has 1 aliphatic rings. The molecule has 2 heterocycles. The van der Waals surface area contributed by atoms with Crippen molar-refractivity contribution in [2.75, 3.05) is 20.1 Å². The van der Waals surface area contributed by atoms with E-state index in [4.69, 9.17) is 23.1 Å². The number of carbonyl (C=O) groups excluding carboxylic acids is 3. The molecule has 3 aromatic carbocycles. The molecule has 266 valence electrons. The van der Waals surface area contributed by atoms with E-state index in [1.165, 1.54) is 0 Å². The summed E-state index contributed by atoms with van der Waals surface area (Å²) in [6.07, 6.45) is 5.45. The Morgan fingerprint density at radius 2 is 1.68 bits per heavy atom. The van der Waals surface area contributed by atoms with Crippen LogP contribution in [0.15, 0.2) is 76.7 Å². The van der Waals surface area contributed by atoms with Crippen molar-refractivity contribution in [1.29, 1.82) is 0 Å². The van der Waals surface area contributed by atoms with Crippen molar-refractivity contribution in [3.8, 4) is 0 Å². The number of carbonyl (C=O) groups is 3. The number of likely N-dealkylation sites (N-methyl/N-ethyl adjacent to an activating group) is 1. The first-order valence-corrected chi connectivity index (χ1v) is 18.7. The van der Waals surface area contributed by atoms with Crippen LogP contribution in [0.3, 0.4) is 0 Å². The van der Waals surface area contributed by atoms with Gasteiger partial charge in [-0.25, -0.2) is 0 Å². The number of ketones is 1. The summed E-state index contributed by atoms with van der Waals surface area (Å²) in [5.74, 6) is -1.13. The highest BCUT2D eigenvalue weighted by Crippen LogP contribution is 2.37. The quantitative estimate of drug-likeness (QED) is 0.136. The predicted octanol–water partition coefficient (Wildman–Crippen LogP) is 5.88. The molecule has 3 atom stereocenters. The van der Waals surface area contributed by atoms with Crippen LogP contribution in [0.1, 0.15) is 60.8 Å². The number of unbranched alkanes of at least 4 members (excludes halogenated alkanes) is 1. The Balaban J connectivity index is 1.57. The number of aryl methyl sites for hydroxylation is 1. The summed E-state index contributed by atoms with van der Waals surface area (Å²) in [7, 11) is 1.68. The van der Waals surface area contributed by atoms with Gasteiger partial charge in [0.15, 0.2) is 5.78 Å². The standard InChI is InChI=1S/C39H49ClN6O3S/c1-25-18-30(40)19-29-24-45-38(48)34(20-28-23-43-32-13-5-4-12-31(28)32)46(2)39(49)26(10-7-8-16-41)21-35(47)33(14-9-17-42)44-22-27-11-3-6-15-36(27)50-37(25)29/h3-6,11-13,15,18-19,23,26,33-34,43-44H,7-10,14,16-17,20-22,24,41-42H2,1-2H3,(H,45,48)/t26-,33+,34+/m1/s1. The van der Waals surface area contributed by atoms with E-state index in [9.17, 15) is 14.4 Å². The van der Waals surface area contributed by atoms with Gasteiger partial charge in [0, 0.05) is 70.8 Å². The van der Waals surface area contributed by atoms with Gasteiger partial charge in [0.25, 0.3) is 0 Å². The molecule has 0 saturated heterocycles. The second-order valence-electron chi connectivity index (χ2n) is 13.2. The zero-order valence-electron chi connectivity index (χ0n) is 29.0. The van der Waals surface area contributed by atoms with Crippen molar-refractivity contribution < 1.29 is 14.4 Å². The molecule has 0 bridgehead atoms. The molecule has 0 spiro atoms. The van der Waals surface area contributed by atoms with Crippen LogP contribution in [0.2, 0.25) is 5.02 Å². The van der Waals surface area contributed by atoms with Crippen molar-refractivity contribution in [3.05, 3.63) is 94.1 Å². The summed E-state index contributed by atoms with van der Waals surface area (Å²) in [5.41, 5.74) is 16.5. The summed E-state index contributed by atoms with van der Waals surface area (Å²) in [4.78, 5) is 49.7. The van der Waals surface area contributed by atoms with Crippen molar-refractivity contribution in [1.82, 2.24) is 20.5 Å². The number of aromatic nitrogens is 1. The normalized spacial score (nSPS) is 19.6. The number of amides is 2. The topological polar surface area (TPSA) is 146 Å². The van der Waals surface area contributed by atoms with Crippen LogP contribution >= 0.6 is 23.4 Å². The molecule has 1 aliphatic heterocycles. The zero-order valence-corrected chi connectivity index (χ0v) is 30.5. The number of para-hydroxylation sites is 1. The molecule has 5 rings (SSSR count).